The lowest BCUT2D eigenvalue weighted by molar-refractivity contribution is -0.384. The molecule has 2 rings (SSSR count). The highest BCUT2D eigenvalue weighted by Crippen LogP contribution is 2.32. The van der Waals surface area contributed by atoms with Gasteiger partial charge in [-0.2, -0.15) is 0 Å². The third-order valence-electron chi connectivity index (χ3n) is 4.39. The number of hydrogen-bond acceptors (Lipinski definition) is 12. The first kappa shape index (κ1) is 25.5. The van der Waals surface area contributed by atoms with Gasteiger partial charge >= 0.3 is 23.9 Å². The number of benzene rings is 1. The zero-order valence-corrected chi connectivity index (χ0v) is 18.3. The molecular formula is C20H24N2O11. The number of nitrogens with one attached hydrogen (secondary N) is 1. The smallest absolute Gasteiger partial charge is 0.303 e. The van der Waals surface area contributed by atoms with Gasteiger partial charge in [-0.1, -0.05) is 12.1 Å². The summed E-state index contributed by atoms with van der Waals surface area (Å²) in [5.41, 5.74) is -0.284. The van der Waals surface area contributed by atoms with Crippen LogP contribution in [0, 0.1) is 10.1 Å². The molecule has 0 radical (unpaired) electrons. The second-order valence-corrected chi connectivity index (χ2v) is 7.04. The number of carbonyl (C=O) groups excluding carboxylic acids is 4. The Morgan fingerprint density at radius 1 is 0.909 bits per heavy atom. The van der Waals surface area contributed by atoms with Gasteiger partial charge in [-0.15, -0.1) is 0 Å². The minimum Gasteiger partial charge on any atom is -0.463 e. The van der Waals surface area contributed by atoms with Crippen molar-refractivity contribution < 1.29 is 47.8 Å². The van der Waals surface area contributed by atoms with Crippen molar-refractivity contribution in [2.45, 2.75) is 58.3 Å². The van der Waals surface area contributed by atoms with Gasteiger partial charge in [0.05, 0.1) is 4.92 Å². The lowest BCUT2D eigenvalue weighted by atomic mass is 9.97. The molecule has 13 nitrogen and oxygen atoms in total. The van der Waals surface area contributed by atoms with E-state index in [0.717, 1.165) is 27.7 Å². The van der Waals surface area contributed by atoms with E-state index in [9.17, 15) is 29.3 Å². The highest BCUT2D eigenvalue weighted by molar-refractivity contribution is 5.69. The van der Waals surface area contributed by atoms with E-state index >= 15 is 0 Å². The Bertz CT molecular complexity index is 919. The van der Waals surface area contributed by atoms with E-state index in [1.165, 1.54) is 24.3 Å². The number of esters is 4. The van der Waals surface area contributed by atoms with Gasteiger partial charge in [-0.3, -0.25) is 29.3 Å². The van der Waals surface area contributed by atoms with E-state index in [1.54, 1.807) is 0 Å². The van der Waals surface area contributed by atoms with Crippen molar-refractivity contribution in [2.75, 3.05) is 11.9 Å². The first-order valence-corrected chi connectivity index (χ1v) is 9.80. The summed E-state index contributed by atoms with van der Waals surface area (Å²) in [6.07, 6.45) is -6.58. The Kier molecular flexibility index (Phi) is 8.68. The maximum Gasteiger partial charge on any atom is 0.303 e. The minimum absolute atomic E-state index is 0.0170. The molecule has 0 unspecified atom stereocenters. The minimum atomic E-state index is -1.39. The van der Waals surface area contributed by atoms with E-state index in [-0.39, 0.29) is 11.4 Å². The quantitative estimate of drug-likeness (QED) is 0.250. The summed E-state index contributed by atoms with van der Waals surface area (Å²) < 4.78 is 26.7. The third kappa shape index (κ3) is 7.14. The van der Waals surface area contributed by atoms with Crippen LogP contribution in [0.5, 0.6) is 0 Å². The zero-order chi connectivity index (χ0) is 24.7. The molecule has 0 aliphatic carbocycles. The standard InChI is InChI=1S/C20H24N2O11/c1-10(23)29-9-16-17(30-11(2)24)18(31-12(3)25)19(32-13(4)26)20(33-16)21-14-7-5-6-8-15(14)22(27)28/h5-8,16-21H,9H2,1-4H3/t16-,17-,18-,19+,20-/m0/s1. The maximum absolute atomic E-state index is 11.8. The SMILES string of the molecule is CC(=O)OC[C@@H]1O[C@H](Nc2ccccc2[N+](=O)[O-])[C@H](OC(C)=O)[C@@H](OC(C)=O)[C@H]1OC(C)=O. The molecule has 1 aromatic rings. The Hall–Kier alpha value is -3.74. The number of ether oxygens (including phenoxy) is 5. The van der Waals surface area contributed by atoms with Crippen LogP contribution in [0.25, 0.3) is 0 Å². The van der Waals surface area contributed by atoms with Crippen LogP contribution in [-0.2, 0) is 42.9 Å². The zero-order valence-electron chi connectivity index (χ0n) is 18.3. The maximum atomic E-state index is 11.8. The number of rotatable bonds is 8. The van der Waals surface area contributed by atoms with Gasteiger partial charge in [0.1, 0.15) is 18.4 Å². The molecule has 0 aromatic heterocycles. The van der Waals surface area contributed by atoms with Gasteiger partial charge < -0.3 is 29.0 Å². The molecule has 0 saturated carbocycles. The molecule has 0 bridgehead atoms. The first-order chi connectivity index (χ1) is 15.5. The number of anilines is 1. The molecular weight excluding hydrogens is 444 g/mol. The van der Waals surface area contributed by atoms with Crippen LogP contribution >= 0.6 is 0 Å². The molecule has 0 amide bonds. The van der Waals surface area contributed by atoms with Crippen LogP contribution in [0.3, 0.4) is 0 Å². The van der Waals surface area contributed by atoms with E-state index in [0.29, 0.717) is 0 Å². The van der Waals surface area contributed by atoms with Gasteiger partial charge in [0, 0.05) is 33.8 Å². The predicted molar refractivity (Wildman–Crippen MR) is 109 cm³/mol. The fourth-order valence-corrected chi connectivity index (χ4v) is 3.25. The summed E-state index contributed by atoms with van der Waals surface area (Å²) in [6, 6.07) is 5.62. The third-order valence-corrected chi connectivity index (χ3v) is 4.39. The second kappa shape index (κ2) is 11.2. The molecule has 0 spiro atoms. The Balaban J connectivity index is 2.51. The molecule has 1 N–H and O–H groups in total. The van der Waals surface area contributed by atoms with E-state index in [4.69, 9.17) is 23.7 Å². The van der Waals surface area contributed by atoms with Crippen molar-refractivity contribution in [1.82, 2.24) is 0 Å². The number of carbonyl (C=O) groups is 4. The van der Waals surface area contributed by atoms with Crippen molar-refractivity contribution in [3.8, 4) is 0 Å². The molecule has 1 aliphatic heterocycles. The fraction of sp³-hybridized carbons (Fsp3) is 0.500. The summed E-state index contributed by atoms with van der Waals surface area (Å²) in [5, 5.41) is 14.2. The molecule has 1 fully saturated rings. The topological polar surface area (TPSA) is 170 Å². The number of para-hydroxylation sites is 2. The Morgan fingerprint density at radius 3 is 2.00 bits per heavy atom. The molecule has 5 atom stereocenters. The number of nitrogens with zero attached hydrogens (tertiary/aromatic N) is 1. The van der Waals surface area contributed by atoms with Gasteiger partial charge in [0.15, 0.2) is 24.5 Å². The molecule has 1 heterocycles. The highest BCUT2D eigenvalue weighted by Gasteiger charge is 2.52. The molecule has 180 valence electrons. The Labute approximate surface area is 188 Å². The lowest BCUT2D eigenvalue weighted by Crippen LogP contribution is -2.64. The summed E-state index contributed by atoms with van der Waals surface area (Å²) in [5.74, 6) is -2.99. The molecule has 13 heteroatoms. The molecule has 1 aliphatic rings. The Morgan fingerprint density at radius 2 is 1.45 bits per heavy atom. The van der Waals surface area contributed by atoms with Crippen molar-refractivity contribution in [3.05, 3.63) is 34.4 Å². The molecule has 33 heavy (non-hydrogen) atoms. The normalized spacial score (nSPS) is 24.2. The van der Waals surface area contributed by atoms with Gasteiger partial charge in [-0.05, 0) is 6.07 Å². The van der Waals surface area contributed by atoms with Crippen LogP contribution in [0.2, 0.25) is 0 Å². The lowest BCUT2D eigenvalue weighted by Gasteiger charge is -2.44. The summed E-state index contributed by atoms with van der Waals surface area (Å²) in [4.78, 5) is 57.5. The summed E-state index contributed by atoms with van der Waals surface area (Å²) >= 11 is 0. The average molecular weight is 468 g/mol. The van der Waals surface area contributed by atoms with Crippen LogP contribution < -0.4 is 5.32 Å². The van der Waals surface area contributed by atoms with Crippen LogP contribution in [0.15, 0.2) is 24.3 Å². The molecule has 1 aromatic carbocycles. The van der Waals surface area contributed by atoms with Crippen molar-refractivity contribution in [1.29, 1.82) is 0 Å². The average Bonchev–Trinajstić information content (AvgIpc) is 2.70. The molecule has 1 saturated heterocycles. The van der Waals surface area contributed by atoms with Crippen molar-refractivity contribution >= 4 is 35.3 Å². The van der Waals surface area contributed by atoms with E-state index in [1.807, 2.05) is 0 Å². The van der Waals surface area contributed by atoms with Crippen molar-refractivity contribution in [3.63, 3.8) is 0 Å². The monoisotopic (exact) mass is 468 g/mol. The van der Waals surface area contributed by atoms with E-state index < -0.39 is 66.1 Å². The van der Waals surface area contributed by atoms with E-state index in [2.05, 4.69) is 5.32 Å². The van der Waals surface area contributed by atoms with Crippen LogP contribution in [-0.4, -0.2) is 66.1 Å². The first-order valence-electron chi connectivity index (χ1n) is 9.80. The van der Waals surface area contributed by atoms with Gasteiger partial charge in [0.2, 0.25) is 0 Å². The predicted octanol–water partition coefficient (Wildman–Crippen LogP) is 1.09. The summed E-state index contributed by atoms with van der Waals surface area (Å²) in [6.45, 7) is 4.03. The number of nitro benzene ring substituents is 1. The number of hydrogen-bond donors (Lipinski definition) is 1. The second-order valence-electron chi connectivity index (χ2n) is 7.04. The highest BCUT2D eigenvalue weighted by atomic mass is 16.7. The largest absolute Gasteiger partial charge is 0.463 e. The fourth-order valence-electron chi connectivity index (χ4n) is 3.25. The van der Waals surface area contributed by atoms with Gasteiger partial charge in [-0.25, -0.2) is 0 Å². The van der Waals surface area contributed by atoms with Crippen molar-refractivity contribution in [2.24, 2.45) is 0 Å². The van der Waals surface area contributed by atoms with Crippen LogP contribution in [0.4, 0.5) is 11.4 Å². The van der Waals surface area contributed by atoms with Gasteiger partial charge in [0.25, 0.3) is 5.69 Å². The summed E-state index contributed by atoms with van der Waals surface area (Å²) in [7, 11) is 0. The number of nitro groups is 1. The van der Waals surface area contributed by atoms with Crippen LogP contribution in [0.1, 0.15) is 27.7 Å².